The molecule has 1 atom stereocenters. The molecule has 8 heteroatoms. The van der Waals surface area contributed by atoms with Gasteiger partial charge in [-0.1, -0.05) is 54.5 Å². The first-order chi connectivity index (χ1) is 14.3. The molecule has 0 aliphatic carbocycles. The minimum Gasteiger partial charge on any atom is -0.360 e. The highest BCUT2D eigenvalue weighted by atomic mass is 32.2. The fourth-order valence-electron chi connectivity index (χ4n) is 3.36. The van der Waals surface area contributed by atoms with E-state index in [0.29, 0.717) is 6.54 Å². The van der Waals surface area contributed by atoms with E-state index >= 15 is 0 Å². The van der Waals surface area contributed by atoms with Crippen LogP contribution in [0.15, 0.2) is 64.0 Å². The van der Waals surface area contributed by atoms with Crippen molar-refractivity contribution in [3.63, 3.8) is 0 Å². The minimum atomic E-state index is -3.95. The van der Waals surface area contributed by atoms with Crippen LogP contribution in [0.5, 0.6) is 0 Å². The summed E-state index contributed by atoms with van der Waals surface area (Å²) in [6.07, 6.45) is 0.866. The maximum absolute atomic E-state index is 12.8. The van der Waals surface area contributed by atoms with Crippen LogP contribution < -0.4 is 10.0 Å². The zero-order chi connectivity index (χ0) is 21.7. The van der Waals surface area contributed by atoms with Gasteiger partial charge in [-0.05, 0) is 38.0 Å². The van der Waals surface area contributed by atoms with E-state index in [1.165, 1.54) is 6.92 Å². The molecule has 1 amide bonds. The second-order valence-corrected chi connectivity index (χ2v) is 8.65. The normalized spacial score (nSPS) is 12.4. The maximum atomic E-state index is 12.8. The lowest BCUT2D eigenvalue weighted by Crippen LogP contribution is -2.29. The van der Waals surface area contributed by atoms with Gasteiger partial charge < -0.3 is 9.84 Å². The first kappa shape index (κ1) is 21.6. The molecule has 1 heterocycles. The summed E-state index contributed by atoms with van der Waals surface area (Å²) in [5.41, 5.74) is 1.85. The molecule has 0 aliphatic heterocycles. The third kappa shape index (κ3) is 4.71. The van der Waals surface area contributed by atoms with Crippen molar-refractivity contribution in [3.8, 4) is 0 Å². The molecule has 0 aliphatic rings. The molecule has 0 bridgehead atoms. The number of nitrogens with one attached hydrogen (secondary N) is 2. The number of hydrogen-bond donors (Lipinski definition) is 2. The standard InChI is InChI=1S/C22H25N3O4S/c1-4-17(18-10-6-5-7-11-18)14-23-22(26)19-12-8-9-13-20(19)25-30(27,28)21-15(2)24-29-16(21)3/h5-13,17,25H,4,14H2,1-3H3,(H,23,26). The van der Waals surface area contributed by atoms with Gasteiger partial charge in [0, 0.05) is 12.5 Å². The van der Waals surface area contributed by atoms with E-state index in [2.05, 4.69) is 22.1 Å². The van der Waals surface area contributed by atoms with Crippen molar-refractivity contribution in [2.45, 2.75) is 38.0 Å². The molecule has 0 saturated carbocycles. The summed E-state index contributed by atoms with van der Waals surface area (Å²) in [7, 11) is -3.95. The van der Waals surface area contributed by atoms with Crippen LogP contribution in [0.4, 0.5) is 5.69 Å². The summed E-state index contributed by atoms with van der Waals surface area (Å²) >= 11 is 0. The molecule has 2 aromatic carbocycles. The van der Waals surface area contributed by atoms with Crippen LogP contribution in [-0.4, -0.2) is 26.0 Å². The zero-order valence-corrected chi connectivity index (χ0v) is 18.0. The van der Waals surface area contributed by atoms with Crippen LogP contribution in [0.1, 0.15) is 46.6 Å². The first-order valence-electron chi connectivity index (χ1n) is 9.71. The fraction of sp³-hybridized carbons (Fsp3) is 0.273. The SMILES string of the molecule is CCC(CNC(=O)c1ccccc1NS(=O)(=O)c1c(C)noc1C)c1ccccc1. The predicted octanol–water partition coefficient (Wildman–Crippen LogP) is 4.02. The molecule has 30 heavy (non-hydrogen) atoms. The van der Waals surface area contributed by atoms with Gasteiger partial charge >= 0.3 is 0 Å². The largest absolute Gasteiger partial charge is 0.360 e. The molecule has 0 spiro atoms. The number of aryl methyl sites for hydroxylation is 2. The molecule has 7 nitrogen and oxygen atoms in total. The number of para-hydroxylation sites is 1. The number of carbonyl (C=O) groups excluding carboxylic acids is 1. The molecule has 1 unspecified atom stereocenters. The lowest BCUT2D eigenvalue weighted by molar-refractivity contribution is 0.0952. The van der Waals surface area contributed by atoms with Gasteiger partial charge in [0.1, 0.15) is 5.69 Å². The zero-order valence-electron chi connectivity index (χ0n) is 17.2. The van der Waals surface area contributed by atoms with E-state index in [1.807, 2.05) is 30.3 Å². The Kier molecular flexibility index (Phi) is 6.56. The van der Waals surface area contributed by atoms with Crippen molar-refractivity contribution < 1.29 is 17.7 Å². The van der Waals surface area contributed by atoms with Crippen LogP contribution in [-0.2, 0) is 10.0 Å². The van der Waals surface area contributed by atoms with Crippen LogP contribution >= 0.6 is 0 Å². The van der Waals surface area contributed by atoms with Gasteiger partial charge in [-0.15, -0.1) is 0 Å². The number of rotatable bonds is 8. The van der Waals surface area contributed by atoms with Crippen molar-refractivity contribution in [1.82, 2.24) is 10.5 Å². The summed E-state index contributed by atoms with van der Waals surface area (Å²) < 4.78 is 33.1. The van der Waals surface area contributed by atoms with Gasteiger partial charge in [0.2, 0.25) is 0 Å². The Morgan fingerprint density at radius 3 is 2.37 bits per heavy atom. The van der Waals surface area contributed by atoms with Gasteiger partial charge in [-0.2, -0.15) is 0 Å². The lowest BCUT2D eigenvalue weighted by Gasteiger charge is -2.17. The number of benzene rings is 2. The average Bonchev–Trinajstić information content (AvgIpc) is 3.08. The van der Waals surface area contributed by atoms with Gasteiger partial charge in [-0.3, -0.25) is 9.52 Å². The number of anilines is 1. The Balaban J connectivity index is 1.79. The molecule has 3 aromatic rings. The summed E-state index contributed by atoms with van der Waals surface area (Å²) in [6.45, 7) is 5.60. The summed E-state index contributed by atoms with van der Waals surface area (Å²) in [5.74, 6) is 0.0123. The molecule has 0 radical (unpaired) electrons. The van der Waals surface area contributed by atoms with E-state index in [4.69, 9.17) is 4.52 Å². The first-order valence-corrected chi connectivity index (χ1v) is 11.2. The average molecular weight is 428 g/mol. The second kappa shape index (κ2) is 9.13. The van der Waals surface area contributed by atoms with Crippen LogP contribution in [0.2, 0.25) is 0 Å². The Bertz CT molecular complexity index is 1100. The third-order valence-electron chi connectivity index (χ3n) is 4.93. The number of sulfonamides is 1. The van der Waals surface area contributed by atoms with Crippen molar-refractivity contribution in [1.29, 1.82) is 0 Å². The van der Waals surface area contributed by atoms with Crippen molar-refractivity contribution in [2.24, 2.45) is 0 Å². The Hall–Kier alpha value is -3.13. The molecule has 1 aromatic heterocycles. The summed E-state index contributed by atoms with van der Waals surface area (Å²) in [6, 6.07) is 16.5. The third-order valence-corrected chi connectivity index (χ3v) is 6.53. The summed E-state index contributed by atoms with van der Waals surface area (Å²) in [4.78, 5) is 12.8. The molecule has 158 valence electrons. The smallest absolute Gasteiger partial charge is 0.267 e. The lowest BCUT2D eigenvalue weighted by atomic mass is 9.96. The van der Waals surface area contributed by atoms with Crippen molar-refractivity contribution >= 4 is 21.6 Å². The highest BCUT2D eigenvalue weighted by Gasteiger charge is 2.26. The number of hydrogen-bond acceptors (Lipinski definition) is 5. The van der Waals surface area contributed by atoms with Gasteiger partial charge in [-0.25, -0.2) is 8.42 Å². The van der Waals surface area contributed by atoms with Gasteiger partial charge in [0.15, 0.2) is 10.7 Å². The number of nitrogens with zero attached hydrogens (tertiary/aromatic N) is 1. The van der Waals surface area contributed by atoms with Crippen LogP contribution in [0.25, 0.3) is 0 Å². The minimum absolute atomic E-state index is 0.0205. The van der Waals surface area contributed by atoms with E-state index < -0.39 is 10.0 Å². The molecule has 2 N–H and O–H groups in total. The molecule has 0 fully saturated rings. The highest BCUT2D eigenvalue weighted by molar-refractivity contribution is 7.92. The number of amides is 1. The molecule has 0 saturated heterocycles. The Labute approximate surface area is 176 Å². The Morgan fingerprint density at radius 1 is 1.07 bits per heavy atom. The van der Waals surface area contributed by atoms with E-state index in [0.717, 1.165) is 12.0 Å². The van der Waals surface area contributed by atoms with E-state index in [9.17, 15) is 13.2 Å². The molecular weight excluding hydrogens is 402 g/mol. The fourth-order valence-corrected chi connectivity index (χ4v) is 4.77. The molecule has 3 rings (SSSR count). The highest BCUT2D eigenvalue weighted by Crippen LogP contribution is 2.25. The quantitative estimate of drug-likeness (QED) is 0.565. The predicted molar refractivity (Wildman–Crippen MR) is 115 cm³/mol. The second-order valence-electron chi connectivity index (χ2n) is 7.03. The Morgan fingerprint density at radius 2 is 1.73 bits per heavy atom. The van der Waals surface area contributed by atoms with Gasteiger partial charge in [0.05, 0.1) is 11.3 Å². The number of aromatic nitrogens is 1. The van der Waals surface area contributed by atoms with Crippen molar-refractivity contribution in [3.05, 3.63) is 77.2 Å². The van der Waals surface area contributed by atoms with Crippen LogP contribution in [0.3, 0.4) is 0 Å². The summed E-state index contributed by atoms with van der Waals surface area (Å²) in [5, 5.41) is 6.62. The topological polar surface area (TPSA) is 101 Å². The van der Waals surface area contributed by atoms with E-state index in [-0.39, 0.29) is 39.4 Å². The van der Waals surface area contributed by atoms with Crippen LogP contribution in [0, 0.1) is 13.8 Å². The molecular formula is C22H25N3O4S. The van der Waals surface area contributed by atoms with Gasteiger partial charge in [0.25, 0.3) is 15.9 Å². The number of carbonyl (C=O) groups is 1. The monoisotopic (exact) mass is 427 g/mol. The van der Waals surface area contributed by atoms with Crippen molar-refractivity contribution in [2.75, 3.05) is 11.3 Å². The maximum Gasteiger partial charge on any atom is 0.267 e. The van der Waals surface area contributed by atoms with E-state index in [1.54, 1.807) is 31.2 Å².